The summed E-state index contributed by atoms with van der Waals surface area (Å²) in [5.41, 5.74) is 3.56. The molecule has 0 radical (unpaired) electrons. The average Bonchev–Trinajstić information content (AvgIpc) is 2.35. The first-order valence-electron chi connectivity index (χ1n) is 5.60. The van der Waals surface area contributed by atoms with Crippen molar-refractivity contribution in [1.29, 1.82) is 0 Å². The topological polar surface area (TPSA) is 52.3 Å². The van der Waals surface area contributed by atoms with Gasteiger partial charge in [-0.2, -0.15) is 13.2 Å². The molecule has 1 unspecified atom stereocenters. The summed E-state index contributed by atoms with van der Waals surface area (Å²) in [5, 5.41) is 0. The van der Waals surface area contributed by atoms with E-state index in [1.165, 1.54) is 6.92 Å². The van der Waals surface area contributed by atoms with Crippen molar-refractivity contribution in [2.24, 2.45) is 5.73 Å². The van der Waals surface area contributed by atoms with Crippen LogP contribution >= 0.6 is 12.4 Å². The molecule has 1 aromatic carbocycles. The van der Waals surface area contributed by atoms with Crippen LogP contribution in [0.25, 0.3) is 0 Å². The normalized spacial score (nSPS) is 14.0. The second-order valence-electron chi connectivity index (χ2n) is 3.95. The Morgan fingerprint density at radius 1 is 1.33 bits per heavy atom. The van der Waals surface area contributed by atoms with Gasteiger partial charge in [0.05, 0.1) is 18.2 Å². The fourth-order valence-electron chi connectivity index (χ4n) is 1.51. The number of carbonyl (C=O) groups excluding carboxylic acids is 1. The Morgan fingerprint density at radius 3 is 2.38 bits per heavy atom. The highest BCUT2D eigenvalue weighted by Crippen LogP contribution is 2.32. The van der Waals surface area contributed by atoms with Crippen molar-refractivity contribution in [1.82, 2.24) is 0 Å². The molecule has 0 heterocycles. The first-order valence-corrected chi connectivity index (χ1v) is 5.60. The quantitative estimate of drug-likeness (QED) is 0.680. The number of carbonyl (C=O) groups is 1. The number of esters is 1. The van der Waals surface area contributed by atoms with Gasteiger partial charge in [0.1, 0.15) is 5.82 Å². The van der Waals surface area contributed by atoms with Crippen LogP contribution in [0.3, 0.4) is 0 Å². The third-order valence-corrected chi connectivity index (χ3v) is 2.46. The molecule has 0 saturated heterocycles. The zero-order valence-electron chi connectivity index (χ0n) is 10.8. The maximum Gasteiger partial charge on any atom is 0.416 e. The Morgan fingerprint density at radius 2 is 1.90 bits per heavy atom. The lowest BCUT2D eigenvalue weighted by molar-refractivity contribution is -0.149. The van der Waals surface area contributed by atoms with Gasteiger partial charge in [-0.15, -0.1) is 12.4 Å². The number of alkyl halides is 4. The van der Waals surface area contributed by atoms with E-state index in [9.17, 15) is 26.7 Å². The monoisotopic (exact) mass is 333 g/mol. The van der Waals surface area contributed by atoms with Crippen LogP contribution < -0.4 is 5.73 Å². The number of rotatable bonds is 4. The van der Waals surface area contributed by atoms with Crippen molar-refractivity contribution in [3.05, 3.63) is 35.1 Å². The number of hydrogen-bond donors (Lipinski definition) is 1. The largest absolute Gasteiger partial charge is 0.464 e. The van der Waals surface area contributed by atoms with Gasteiger partial charge in [-0.25, -0.2) is 13.6 Å². The molecule has 2 N–H and O–H groups in total. The van der Waals surface area contributed by atoms with Crippen LogP contribution in [-0.2, 0) is 15.7 Å². The third kappa shape index (κ3) is 5.13. The van der Waals surface area contributed by atoms with Crippen LogP contribution in [0.4, 0.5) is 22.0 Å². The number of hydrogen-bond acceptors (Lipinski definition) is 3. The van der Waals surface area contributed by atoms with Gasteiger partial charge in [0.25, 0.3) is 0 Å². The molecule has 0 aliphatic heterocycles. The highest BCUT2D eigenvalue weighted by Gasteiger charge is 2.34. The van der Waals surface area contributed by atoms with Gasteiger partial charge in [0.15, 0.2) is 0 Å². The van der Waals surface area contributed by atoms with Crippen LogP contribution in [0, 0.1) is 5.82 Å². The number of nitrogens with two attached hydrogens (primary N) is 1. The van der Waals surface area contributed by atoms with Crippen molar-refractivity contribution in [3.8, 4) is 0 Å². The molecular weight excluding hydrogens is 321 g/mol. The van der Waals surface area contributed by atoms with E-state index in [4.69, 9.17) is 5.73 Å². The summed E-state index contributed by atoms with van der Waals surface area (Å²) in [5.74, 6) is -2.53. The molecule has 0 spiro atoms. The Labute approximate surface area is 123 Å². The van der Waals surface area contributed by atoms with Crippen molar-refractivity contribution in [2.45, 2.75) is 25.3 Å². The van der Waals surface area contributed by atoms with Crippen molar-refractivity contribution >= 4 is 18.4 Å². The minimum Gasteiger partial charge on any atom is -0.464 e. The summed E-state index contributed by atoms with van der Waals surface area (Å²) < 4.78 is 68.6. The Bertz CT molecular complexity index is 495. The summed E-state index contributed by atoms with van der Waals surface area (Å²) in [6.45, 7) is 1.32. The molecule has 0 amide bonds. The fourth-order valence-corrected chi connectivity index (χ4v) is 1.51. The molecule has 9 heteroatoms. The Balaban J connectivity index is 0.00000400. The van der Waals surface area contributed by atoms with Crippen LogP contribution in [-0.4, -0.2) is 18.7 Å². The first kappa shape index (κ1) is 19.6. The maximum absolute atomic E-state index is 13.6. The van der Waals surface area contributed by atoms with E-state index in [1.54, 1.807) is 0 Å². The molecule has 0 bridgehead atoms. The van der Waals surface area contributed by atoms with Gasteiger partial charge in [-0.1, -0.05) is 0 Å². The molecule has 0 saturated carbocycles. The number of halogens is 6. The van der Waals surface area contributed by atoms with Gasteiger partial charge >= 0.3 is 12.1 Å². The molecule has 0 aliphatic carbocycles. The van der Waals surface area contributed by atoms with Crippen molar-refractivity contribution in [3.63, 3.8) is 0 Å². The van der Waals surface area contributed by atoms with E-state index in [1.807, 2.05) is 0 Å². The Hall–Kier alpha value is -1.41. The van der Waals surface area contributed by atoms with E-state index >= 15 is 0 Å². The number of ether oxygens (including phenoxy) is 1. The van der Waals surface area contributed by atoms with Gasteiger partial charge in [-0.05, 0) is 30.7 Å². The SMILES string of the molecule is CCOC(=O)C(F)[C@@H](N)c1cc(F)cc(C(F)(F)F)c1.Cl. The summed E-state index contributed by atoms with van der Waals surface area (Å²) in [6.07, 6.45) is -7.18. The molecule has 120 valence electrons. The second kappa shape index (κ2) is 7.56. The molecule has 1 rings (SSSR count). The van der Waals surface area contributed by atoms with E-state index in [-0.39, 0.29) is 25.1 Å². The van der Waals surface area contributed by atoms with Crippen LogP contribution in [0.1, 0.15) is 24.1 Å². The van der Waals surface area contributed by atoms with Gasteiger partial charge in [0.2, 0.25) is 6.17 Å². The molecule has 3 nitrogen and oxygen atoms in total. The summed E-state index contributed by atoms with van der Waals surface area (Å²) in [4.78, 5) is 11.1. The fraction of sp³-hybridized carbons (Fsp3) is 0.417. The standard InChI is InChI=1S/C12H12F5NO2.ClH/c1-2-20-11(19)9(14)10(18)6-3-7(12(15,16)17)5-8(13)4-6;/h3-5,9-10H,2,18H2,1H3;1H/t9?,10-;/m0./s1. The first-order chi connectivity index (χ1) is 9.16. The van der Waals surface area contributed by atoms with E-state index in [0.717, 1.165) is 0 Å². The highest BCUT2D eigenvalue weighted by atomic mass is 35.5. The summed E-state index contributed by atoms with van der Waals surface area (Å²) in [6, 6.07) is -0.343. The molecule has 0 aromatic heterocycles. The minimum atomic E-state index is -4.80. The predicted molar refractivity (Wildman–Crippen MR) is 67.1 cm³/mol. The average molecular weight is 334 g/mol. The van der Waals surface area contributed by atoms with E-state index in [0.29, 0.717) is 12.1 Å². The van der Waals surface area contributed by atoms with Gasteiger partial charge < -0.3 is 10.5 Å². The lowest BCUT2D eigenvalue weighted by Crippen LogP contribution is -2.31. The minimum absolute atomic E-state index is 0. The summed E-state index contributed by atoms with van der Waals surface area (Å²) in [7, 11) is 0. The molecule has 21 heavy (non-hydrogen) atoms. The van der Waals surface area contributed by atoms with E-state index < -0.39 is 41.3 Å². The van der Waals surface area contributed by atoms with Crippen molar-refractivity contribution < 1.29 is 31.5 Å². The molecule has 0 fully saturated rings. The van der Waals surface area contributed by atoms with Crippen LogP contribution in [0.5, 0.6) is 0 Å². The molecule has 2 atom stereocenters. The zero-order chi connectivity index (χ0) is 15.5. The van der Waals surface area contributed by atoms with Crippen LogP contribution in [0.15, 0.2) is 18.2 Å². The zero-order valence-corrected chi connectivity index (χ0v) is 11.6. The lowest BCUT2D eigenvalue weighted by atomic mass is 10.0. The van der Waals surface area contributed by atoms with E-state index in [2.05, 4.69) is 4.74 Å². The smallest absolute Gasteiger partial charge is 0.416 e. The summed E-state index contributed by atoms with van der Waals surface area (Å²) >= 11 is 0. The number of benzene rings is 1. The van der Waals surface area contributed by atoms with Gasteiger partial charge in [-0.3, -0.25) is 0 Å². The molecule has 1 aromatic rings. The highest BCUT2D eigenvalue weighted by molar-refractivity contribution is 5.85. The Kier molecular flexibility index (Phi) is 7.05. The lowest BCUT2D eigenvalue weighted by Gasteiger charge is -2.17. The van der Waals surface area contributed by atoms with Gasteiger partial charge in [0, 0.05) is 0 Å². The molecule has 0 aliphatic rings. The van der Waals surface area contributed by atoms with Crippen molar-refractivity contribution in [2.75, 3.05) is 6.61 Å². The van der Waals surface area contributed by atoms with Crippen LogP contribution in [0.2, 0.25) is 0 Å². The maximum atomic E-state index is 13.6. The molecular formula is C12H13ClF5NO2. The second-order valence-corrected chi connectivity index (χ2v) is 3.95. The predicted octanol–water partition coefficient (Wildman–Crippen LogP) is 3.17. The third-order valence-electron chi connectivity index (χ3n) is 2.46.